The number of fused-ring (bicyclic) bond motifs is 1. The summed E-state index contributed by atoms with van der Waals surface area (Å²) in [6.07, 6.45) is 0. The fraction of sp³-hybridized carbons (Fsp3) is 0. The lowest BCUT2D eigenvalue weighted by atomic mass is 10.3. The van der Waals surface area contributed by atoms with Crippen LogP contribution in [-0.4, -0.2) is 13.4 Å². The van der Waals surface area contributed by atoms with Crippen LogP contribution in [0.2, 0.25) is 5.02 Å². The normalized spacial score (nSPS) is 11.9. The summed E-state index contributed by atoms with van der Waals surface area (Å²) in [5, 5.41) is 0.714. The van der Waals surface area contributed by atoms with E-state index in [-0.39, 0.29) is 4.21 Å². The highest BCUT2D eigenvalue weighted by Gasteiger charge is 2.20. The van der Waals surface area contributed by atoms with Crippen LogP contribution in [0.3, 0.4) is 0 Å². The number of benzene rings is 1. The average molecular weight is 410 g/mol. The van der Waals surface area contributed by atoms with Crippen molar-refractivity contribution in [2.45, 2.75) is 4.21 Å². The van der Waals surface area contributed by atoms with E-state index in [1.807, 2.05) is 24.3 Å². The molecule has 4 nitrogen and oxygen atoms in total. The molecule has 104 valence electrons. The Bertz CT molecular complexity index is 836. The summed E-state index contributed by atoms with van der Waals surface area (Å²) in [6, 6.07) is 8.88. The Morgan fingerprint density at radius 1 is 1.25 bits per heavy atom. The van der Waals surface area contributed by atoms with Crippen molar-refractivity contribution in [3.63, 3.8) is 0 Å². The van der Waals surface area contributed by atoms with Crippen LogP contribution in [0.4, 0.5) is 5.13 Å². The van der Waals surface area contributed by atoms with Crippen molar-refractivity contribution >= 4 is 75.6 Å². The largest absolute Gasteiger partial charge is 0.273 e. The number of rotatable bonds is 3. The van der Waals surface area contributed by atoms with Gasteiger partial charge in [0.15, 0.2) is 5.13 Å². The lowest BCUT2D eigenvalue weighted by Gasteiger charge is -2.01. The molecule has 1 aromatic carbocycles. The second-order valence-electron chi connectivity index (χ2n) is 3.78. The molecule has 0 bridgehead atoms. The van der Waals surface area contributed by atoms with Gasteiger partial charge in [0.1, 0.15) is 4.21 Å². The lowest BCUT2D eigenvalue weighted by molar-refractivity contribution is 0.603. The number of nitrogens with zero attached hydrogens (tertiary/aromatic N) is 1. The van der Waals surface area contributed by atoms with Crippen LogP contribution in [-0.2, 0) is 10.0 Å². The Hall–Kier alpha value is -0.670. The Balaban J connectivity index is 1.96. The third kappa shape index (κ3) is 2.71. The summed E-state index contributed by atoms with van der Waals surface area (Å²) in [7, 11) is -3.66. The Kier molecular flexibility index (Phi) is 3.76. The lowest BCUT2D eigenvalue weighted by Crippen LogP contribution is -2.11. The number of hydrogen-bond acceptors (Lipinski definition) is 5. The van der Waals surface area contributed by atoms with Gasteiger partial charge in [-0.1, -0.05) is 35.1 Å². The maximum absolute atomic E-state index is 12.2. The summed E-state index contributed by atoms with van der Waals surface area (Å²) < 4.78 is 28.6. The second-order valence-corrected chi connectivity index (χ2v) is 9.50. The number of para-hydroxylation sites is 1. The zero-order valence-electron chi connectivity index (χ0n) is 9.63. The third-order valence-electron chi connectivity index (χ3n) is 2.40. The Morgan fingerprint density at radius 3 is 2.65 bits per heavy atom. The monoisotopic (exact) mass is 408 g/mol. The first kappa shape index (κ1) is 14.3. The predicted octanol–water partition coefficient (Wildman–Crippen LogP) is 4.57. The van der Waals surface area contributed by atoms with Crippen molar-refractivity contribution in [2.75, 3.05) is 4.72 Å². The SMILES string of the molecule is O=S(=O)(Nc1nc2ccccc2s1)c1cc(Cl)c(Br)s1. The van der Waals surface area contributed by atoms with Crippen molar-refractivity contribution in [3.05, 3.63) is 39.1 Å². The molecule has 1 N–H and O–H groups in total. The summed E-state index contributed by atoms with van der Waals surface area (Å²) in [5.41, 5.74) is 0.764. The van der Waals surface area contributed by atoms with E-state index in [0.717, 1.165) is 21.6 Å². The zero-order chi connectivity index (χ0) is 14.3. The number of nitrogens with one attached hydrogen (secondary N) is 1. The molecule has 2 heterocycles. The standard InChI is InChI=1S/C11H6BrClN2O2S3/c12-10-6(13)5-9(19-10)20(16,17)15-11-14-7-3-1-2-4-8(7)18-11/h1-5H,(H,14,15). The molecule has 0 aliphatic heterocycles. The summed E-state index contributed by atoms with van der Waals surface area (Å²) in [6.45, 7) is 0. The molecule has 0 fully saturated rings. The Morgan fingerprint density at radius 2 is 2.00 bits per heavy atom. The number of thiazole rings is 1. The van der Waals surface area contributed by atoms with Gasteiger partial charge in [0.2, 0.25) is 0 Å². The fourth-order valence-corrected chi connectivity index (χ4v) is 6.04. The molecule has 0 spiro atoms. The molecule has 0 saturated carbocycles. The van der Waals surface area contributed by atoms with Crippen LogP contribution in [0.25, 0.3) is 10.2 Å². The minimum absolute atomic E-state index is 0.147. The average Bonchev–Trinajstić information content (AvgIpc) is 2.93. The summed E-state index contributed by atoms with van der Waals surface area (Å²) in [4.78, 5) is 4.24. The molecular formula is C11H6BrClN2O2S3. The van der Waals surface area contributed by atoms with Crippen LogP contribution < -0.4 is 4.72 Å². The molecule has 9 heteroatoms. The molecule has 0 aliphatic carbocycles. The Labute approximate surface area is 136 Å². The molecule has 0 unspecified atom stereocenters. The van der Waals surface area contributed by atoms with Crippen LogP contribution in [0.1, 0.15) is 0 Å². The highest BCUT2D eigenvalue weighted by molar-refractivity contribution is 9.11. The van der Waals surface area contributed by atoms with Gasteiger partial charge in [0.05, 0.1) is 19.0 Å². The molecule has 3 aromatic rings. The first-order valence-corrected chi connectivity index (χ1v) is 9.58. The van der Waals surface area contributed by atoms with Gasteiger partial charge in [-0.3, -0.25) is 4.72 Å². The first-order valence-electron chi connectivity index (χ1n) is 5.29. The van der Waals surface area contributed by atoms with Gasteiger partial charge in [0, 0.05) is 0 Å². The quantitative estimate of drug-likeness (QED) is 0.689. The summed E-state index contributed by atoms with van der Waals surface area (Å²) in [5.74, 6) is 0. The highest BCUT2D eigenvalue weighted by atomic mass is 79.9. The first-order chi connectivity index (χ1) is 9.45. The van der Waals surface area contributed by atoms with E-state index in [4.69, 9.17) is 11.6 Å². The van der Waals surface area contributed by atoms with Crippen LogP contribution >= 0.6 is 50.2 Å². The van der Waals surface area contributed by atoms with E-state index >= 15 is 0 Å². The van der Waals surface area contributed by atoms with E-state index < -0.39 is 10.0 Å². The molecule has 0 radical (unpaired) electrons. The minimum Gasteiger partial charge on any atom is -0.254 e. The topological polar surface area (TPSA) is 59.1 Å². The van der Waals surface area contributed by atoms with Crippen molar-refractivity contribution < 1.29 is 8.42 Å². The van der Waals surface area contributed by atoms with Crippen molar-refractivity contribution in [1.82, 2.24) is 4.98 Å². The number of halogens is 2. The van der Waals surface area contributed by atoms with Crippen molar-refractivity contribution in [2.24, 2.45) is 0 Å². The number of thiophene rings is 1. The van der Waals surface area contributed by atoms with Gasteiger partial charge in [-0.25, -0.2) is 13.4 Å². The maximum Gasteiger partial charge on any atom is 0.273 e. The molecule has 2 aromatic heterocycles. The van der Waals surface area contributed by atoms with Crippen LogP contribution in [0.15, 0.2) is 38.3 Å². The van der Waals surface area contributed by atoms with Gasteiger partial charge in [-0.2, -0.15) is 0 Å². The summed E-state index contributed by atoms with van der Waals surface area (Å²) >= 11 is 11.4. The van der Waals surface area contributed by atoms with E-state index in [1.165, 1.54) is 17.4 Å². The van der Waals surface area contributed by atoms with Crippen LogP contribution in [0.5, 0.6) is 0 Å². The minimum atomic E-state index is -3.66. The molecule has 20 heavy (non-hydrogen) atoms. The van der Waals surface area contributed by atoms with E-state index in [0.29, 0.717) is 13.9 Å². The van der Waals surface area contributed by atoms with Gasteiger partial charge in [-0.05, 0) is 34.1 Å². The molecule has 0 amide bonds. The van der Waals surface area contributed by atoms with E-state index in [9.17, 15) is 8.42 Å². The zero-order valence-corrected chi connectivity index (χ0v) is 14.4. The third-order valence-corrected chi connectivity index (χ3v) is 7.77. The maximum atomic E-state index is 12.2. The number of anilines is 1. The van der Waals surface area contributed by atoms with Crippen molar-refractivity contribution in [1.29, 1.82) is 0 Å². The molecule has 3 rings (SSSR count). The number of hydrogen-bond donors (Lipinski definition) is 1. The second kappa shape index (κ2) is 5.27. The van der Waals surface area contributed by atoms with Gasteiger partial charge >= 0.3 is 0 Å². The van der Waals surface area contributed by atoms with Gasteiger partial charge in [0.25, 0.3) is 10.0 Å². The molecule has 0 atom stereocenters. The van der Waals surface area contributed by atoms with Crippen molar-refractivity contribution in [3.8, 4) is 0 Å². The van der Waals surface area contributed by atoms with Crippen LogP contribution in [0, 0.1) is 0 Å². The smallest absolute Gasteiger partial charge is 0.254 e. The number of sulfonamides is 1. The number of aromatic nitrogens is 1. The molecular weight excluding hydrogens is 404 g/mol. The van der Waals surface area contributed by atoms with Gasteiger partial charge < -0.3 is 0 Å². The fourth-order valence-electron chi connectivity index (χ4n) is 1.54. The van der Waals surface area contributed by atoms with E-state index in [1.54, 1.807) is 0 Å². The highest BCUT2D eigenvalue weighted by Crippen LogP contribution is 2.36. The van der Waals surface area contributed by atoms with E-state index in [2.05, 4.69) is 25.6 Å². The van der Waals surface area contributed by atoms with Gasteiger partial charge in [-0.15, -0.1) is 11.3 Å². The molecule has 0 saturated heterocycles. The molecule has 0 aliphatic rings. The predicted molar refractivity (Wildman–Crippen MR) is 87.5 cm³/mol.